The van der Waals surface area contributed by atoms with Gasteiger partial charge in [-0.15, -0.1) is 0 Å². The number of benzene rings is 3. The normalized spacial score (nSPS) is 12.6. The second-order valence-electron chi connectivity index (χ2n) is 7.44. The Morgan fingerprint density at radius 1 is 1.07 bits per heavy atom. The van der Waals surface area contributed by atoms with Crippen LogP contribution in [0.4, 0.5) is 0 Å². The van der Waals surface area contributed by atoms with Crippen LogP contribution in [0.3, 0.4) is 0 Å². The monoisotopic (exact) mass is 400 g/mol. The molecule has 4 heteroatoms. The summed E-state index contributed by atoms with van der Waals surface area (Å²) in [7, 11) is 0. The SMILES string of the molecule is C=CC(=O)OCC(O)COc1ccc(-c2cccc3c2Cc2ccccc2-3)cc1C. The van der Waals surface area contributed by atoms with Crippen molar-refractivity contribution < 1.29 is 19.4 Å². The highest BCUT2D eigenvalue weighted by atomic mass is 16.5. The van der Waals surface area contributed by atoms with Crippen molar-refractivity contribution in [2.75, 3.05) is 13.2 Å². The van der Waals surface area contributed by atoms with Crippen LogP contribution in [-0.2, 0) is 16.0 Å². The maximum absolute atomic E-state index is 11.1. The summed E-state index contributed by atoms with van der Waals surface area (Å²) in [5, 5.41) is 9.93. The molecule has 0 aromatic heterocycles. The number of hydrogen-bond acceptors (Lipinski definition) is 4. The van der Waals surface area contributed by atoms with E-state index in [0.29, 0.717) is 5.75 Å². The van der Waals surface area contributed by atoms with Crippen molar-refractivity contribution in [2.45, 2.75) is 19.4 Å². The van der Waals surface area contributed by atoms with Gasteiger partial charge >= 0.3 is 5.97 Å². The zero-order chi connectivity index (χ0) is 21.1. The van der Waals surface area contributed by atoms with Crippen LogP contribution in [0.15, 0.2) is 73.3 Å². The van der Waals surface area contributed by atoms with Crippen LogP contribution < -0.4 is 4.74 Å². The van der Waals surface area contributed by atoms with Gasteiger partial charge in [-0.25, -0.2) is 4.79 Å². The van der Waals surface area contributed by atoms with Crippen molar-refractivity contribution in [3.8, 4) is 28.0 Å². The molecule has 0 saturated heterocycles. The molecule has 3 aromatic rings. The molecule has 3 aromatic carbocycles. The highest BCUT2D eigenvalue weighted by Crippen LogP contribution is 2.41. The summed E-state index contributed by atoms with van der Waals surface area (Å²) in [6.45, 7) is 5.23. The van der Waals surface area contributed by atoms with Crippen molar-refractivity contribution in [1.82, 2.24) is 0 Å². The van der Waals surface area contributed by atoms with Crippen LogP contribution in [0.2, 0.25) is 0 Å². The van der Waals surface area contributed by atoms with Crippen molar-refractivity contribution >= 4 is 5.97 Å². The van der Waals surface area contributed by atoms with E-state index in [1.54, 1.807) is 0 Å². The first-order valence-electron chi connectivity index (χ1n) is 9.98. The third-order valence-corrected chi connectivity index (χ3v) is 5.35. The smallest absolute Gasteiger partial charge is 0.330 e. The minimum Gasteiger partial charge on any atom is -0.490 e. The average molecular weight is 400 g/mol. The van der Waals surface area contributed by atoms with Crippen molar-refractivity contribution in [3.05, 3.63) is 90.0 Å². The van der Waals surface area contributed by atoms with E-state index in [1.807, 2.05) is 19.1 Å². The Morgan fingerprint density at radius 2 is 1.83 bits per heavy atom. The number of ether oxygens (including phenoxy) is 2. The van der Waals surface area contributed by atoms with Gasteiger partial charge < -0.3 is 14.6 Å². The van der Waals surface area contributed by atoms with E-state index < -0.39 is 12.1 Å². The standard InChI is InChI=1S/C26H24O4/c1-3-26(28)30-16-20(27)15-29-25-12-11-19(13-17(25)2)22-9-6-10-23-21-8-5-4-7-18(21)14-24(22)23/h3-13,20,27H,1,14-16H2,2H3. The predicted octanol–water partition coefficient (Wildman–Crippen LogP) is 4.70. The molecule has 0 saturated carbocycles. The second-order valence-corrected chi connectivity index (χ2v) is 7.44. The molecule has 1 aliphatic carbocycles. The summed E-state index contributed by atoms with van der Waals surface area (Å²) < 4.78 is 10.6. The molecule has 4 nitrogen and oxygen atoms in total. The summed E-state index contributed by atoms with van der Waals surface area (Å²) in [6.07, 6.45) is 1.10. The summed E-state index contributed by atoms with van der Waals surface area (Å²) >= 11 is 0. The van der Waals surface area contributed by atoms with Crippen molar-refractivity contribution in [3.63, 3.8) is 0 Å². The van der Waals surface area contributed by atoms with Crippen molar-refractivity contribution in [2.24, 2.45) is 0 Å². The summed E-state index contributed by atoms with van der Waals surface area (Å²) in [5.74, 6) is 0.135. The predicted molar refractivity (Wildman–Crippen MR) is 118 cm³/mol. The number of aliphatic hydroxyl groups excluding tert-OH is 1. The van der Waals surface area contributed by atoms with Gasteiger partial charge in [-0.2, -0.15) is 0 Å². The molecule has 0 heterocycles. The zero-order valence-corrected chi connectivity index (χ0v) is 16.9. The first kappa shape index (κ1) is 19.9. The number of carbonyl (C=O) groups is 1. The topological polar surface area (TPSA) is 55.8 Å². The number of rotatable bonds is 7. The van der Waals surface area contributed by atoms with Gasteiger partial charge in [0.1, 0.15) is 25.1 Å². The average Bonchev–Trinajstić information content (AvgIpc) is 3.15. The van der Waals surface area contributed by atoms with Gasteiger partial charge in [-0.3, -0.25) is 0 Å². The molecule has 30 heavy (non-hydrogen) atoms. The van der Waals surface area contributed by atoms with Gasteiger partial charge in [0.05, 0.1) is 0 Å². The largest absolute Gasteiger partial charge is 0.490 e. The minimum absolute atomic E-state index is 0.0423. The lowest BCUT2D eigenvalue weighted by molar-refractivity contribution is -0.141. The Balaban J connectivity index is 1.50. The number of esters is 1. The molecule has 0 fully saturated rings. The Kier molecular flexibility index (Phi) is 5.68. The van der Waals surface area contributed by atoms with Crippen LogP contribution in [0.5, 0.6) is 5.75 Å². The van der Waals surface area contributed by atoms with E-state index in [2.05, 4.69) is 55.1 Å². The lowest BCUT2D eigenvalue weighted by Gasteiger charge is -2.15. The van der Waals surface area contributed by atoms with Crippen LogP contribution in [0.25, 0.3) is 22.3 Å². The van der Waals surface area contributed by atoms with Crippen LogP contribution >= 0.6 is 0 Å². The van der Waals surface area contributed by atoms with Gasteiger partial charge in [0, 0.05) is 6.08 Å². The molecule has 0 bridgehead atoms. The van der Waals surface area contributed by atoms with Gasteiger partial charge in [0.2, 0.25) is 0 Å². The highest BCUT2D eigenvalue weighted by Gasteiger charge is 2.21. The highest BCUT2D eigenvalue weighted by molar-refractivity contribution is 5.85. The Morgan fingerprint density at radius 3 is 2.63 bits per heavy atom. The first-order valence-corrected chi connectivity index (χ1v) is 9.98. The van der Waals surface area contributed by atoms with Gasteiger partial charge in [-0.1, -0.05) is 55.1 Å². The first-order chi connectivity index (χ1) is 14.6. The van der Waals surface area contributed by atoms with Crippen LogP contribution in [-0.4, -0.2) is 30.4 Å². The molecule has 1 aliphatic rings. The van der Waals surface area contributed by atoms with E-state index in [4.69, 9.17) is 9.47 Å². The van der Waals surface area contributed by atoms with Crippen LogP contribution in [0.1, 0.15) is 16.7 Å². The van der Waals surface area contributed by atoms with Crippen LogP contribution in [0, 0.1) is 6.92 Å². The third-order valence-electron chi connectivity index (χ3n) is 5.35. The summed E-state index contributed by atoms with van der Waals surface area (Å²) in [4.78, 5) is 11.1. The second kappa shape index (κ2) is 8.56. The lowest BCUT2D eigenvalue weighted by atomic mass is 9.94. The van der Waals surface area contributed by atoms with Gasteiger partial charge in [0.25, 0.3) is 0 Å². The Hall–Kier alpha value is -3.37. The third kappa shape index (κ3) is 4.00. The van der Waals surface area contributed by atoms with E-state index >= 15 is 0 Å². The molecule has 0 spiro atoms. The maximum atomic E-state index is 11.1. The number of carbonyl (C=O) groups excluding carboxylic acids is 1. The minimum atomic E-state index is -0.899. The number of hydrogen-bond donors (Lipinski definition) is 1. The molecular weight excluding hydrogens is 376 g/mol. The fraction of sp³-hybridized carbons (Fsp3) is 0.192. The number of fused-ring (bicyclic) bond motifs is 3. The number of aliphatic hydroxyl groups is 1. The quantitative estimate of drug-likeness (QED) is 0.361. The molecule has 1 atom stereocenters. The molecular formula is C26H24O4. The van der Waals surface area contributed by atoms with E-state index in [-0.39, 0.29) is 13.2 Å². The molecule has 1 N–H and O–H groups in total. The lowest BCUT2D eigenvalue weighted by Crippen LogP contribution is -2.24. The molecule has 152 valence electrons. The van der Waals surface area contributed by atoms with E-state index in [0.717, 1.165) is 23.6 Å². The molecule has 0 amide bonds. The summed E-state index contributed by atoms with van der Waals surface area (Å²) in [5.41, 5.74) is 8.69. The Labute approximate surface area is 176 Å². The van der Waals surface area contributed by atoms with Gasteiger partial charge in [-0.05, 0) is 64.4 Å². The molecule has 4 rings (SSSR count). The number of aryl methyl sites for hydroxylation is 1. The maximum Gasteiger partial charge on any atom is 0.330 e. The molecule has 1 unspecified atom stereocenters. The van der Waals surface area contributed by atoms with E-state index in [9.17, 15) is 9.90 Å². The van der Waals surface area contributed by atoms with Crippen molar-refractivity contribution in [1.29, 1.82) is 0 Å². The van der Waals surface area contributed by atoms with E-state index in [1.165, 1.54) is 27.8 Å². The molecule has 0 radical (unpaired) electrons. The summed E-state index contributed by atoms with van der Waals surface area (Å²) in [6, 6.07) is 21.1. The fourth-order valence-electron chi connectivity index (χ4n) is 3.88. The molecule has 0 aliphatic heterocycles. The van der Waals surface area contributed by atoms with Gasteiger partial charge in [0.15, 0.2) is 0 Å². The Bertz CT molecular complexity index is 1100. The zero-order valence-electron chi connectivity index (χ0n) is 16.9. The fourth-order valence-corrected chi connectivity index (χ4v) is 3.88.